The van der Waals surface area contributed by atoms with Gasteiger partial charge in [-0.25, -0.2) is 0 Å². The maximum Gasteiger partial charge on any atom is 0.225 e. The average Bonchev–Trinajstić information content (AvgIpc) is 2.27. The van der Waals surface area contributed by atoms with Crippen molar-refractivity contribution in [2.24, 2.45) is 0 Å². The maximum atomic E-state index is 5.50. The Morgan fingerprint density at radius 1 is 1.06 bits per heavy atom. The quantitative estimate of drug-likeness (QED) is 0.843. The fourth-order valence-corrected chi connectivity index (χ4v) is 2.65. The van der Waals surface area contributed by atoms with Gasteiger partial charge in [0.15, 0.2) is 0 Å². The van der Waals surface area contributed by atoms with Gasteiger partial charge in [-0.3, -0.25) is 0 Å². The smallest absolute Gasteiger partial charge is 0.225 e. The van der Waals surface area contributed by atoms with E-state index in [1.54, 1.807) is 11.8 Å². The number of benzene rings is 1. The minimum Gasteiger partial charge on any atom is -0.368 e. The lowest BCUT2D eigenvalue weighted by Crippen LogP contribution is -2.05. The highest BCUT2D eigenvalue weighted by molar-refractivity contribution is 9.10. The molecular weight excluding hydrogens is 302 g/mol. The molecule has 1 heterocycles. The molecule has 5 nitrogen and oxygen atoms in total. The lowest BCUT2D eigenvalue weighted by molar-refractivity contribution is 0.987. The first-order valence-electron chi connectivity index (χ1n) is 4.78. The highest BCUT2D eigenvalue weighted by atomic mass is 79.9. The van der Waals surface area contributed by atoms with Gasteiger partial charge in [0.25, 0.3) is 0 Å². The van der Waals surface area contributed by atoms with Crippen LogP contribution in [0.15, 0.2) is 33.6 Å². The maximum absolute atomic E-state index is 5.50. The van der Waals surface area contributed by atoms with E-state index in [0.717, 1.165) is 9.37 Å². The van der Waals surface area contributed by atoms with Gasteiger partial charge in [0.1, 0.15) is 5.82 Å². The van der Waals surface area contributed by atoms with Crippen LogP contribution < -0.4 is 11.5 Å². The van der Waals surface area contributed by atoms with Crippen LogP contribution in [0, 0.1) is 0 Å². The highest BCUT2D eigenvalue weighted by Gasteiger charge is 2.04. The molecule has 0 saturated carbocycles. The van der Waals surface area contributed by atoms with Crippen LogP contribution in [0.2, 0.25) is 0 Å². The molecule has 1 aromatic heterocycles. The second-order valence-electron chi connectivity index (χ2n) is 3.19. The van der Waals surface area contributed by atoms with Crippen molar-refractivity contribution in [3.8, 4) is 0 Å². The normalized spacial score (nSPS) is 10.4. The number of aromatic nitrogens is 3. The van der Waals surface area contributed by atoms with Crippen LogP contribution in [-0.2, 0) is 5.75 Å². The lowest BCUT2D eigenvalue weighted by Gasteiger charge is -2.04. The summed E-state index contributed by atoms with van der Waals surface area (Å²) in [5.74, 6) is 1.48. The first kappa shape index (κ1) is 12.1. The number of nitrogen functional groups attached to an aromatic ring is 2. The minimum absolute atomic E-state index is 0.153. The van der Waals surface area contributed by atoms with Crippen molar-refractivity contribution in [3.63, 3.8) is 0 Å². The zero-order valence-corrected chi connectivity index (χ0v) is 11.2. The molecule has 0 fully saturated rings. The SMILES string of the molecule is Nc1nc(N)nc(CSc2ccccc2Br)n1. The van der Waals surface area contributed by atoms with Gasteiger partial charge in [-0.2, -0.15) is 15.0 Å². The third-order valence-corrected chi connectivity index (χ3v) is 3.93. The Morgan fingerprint density at radius 3 is 2.35 bits per heavy atom. The van der Waals surface area contributed by atoms with Crippen LogP contribution >= 0.6 is 27.7 Å². The predicted molar refractivity (Wildman–Crippen MR) is 72.4 cm³/mol. The highest BCUT2D eigenvalue weighted by Crippen LogP contribution is 2.28. The molecule has 2 rings (SSSR count). The molecule has 0 aliphatic rings. The van der Waals surface area contributed by atoms with Crippen LogP contribution in [0.1, 0.15) is 5.82 Å². The molecule has 0 unspecified atom stereocenters. The van der Waals surface area contributed by atoms with E-state index in [9.17, 15) is 0 Å². The van der Waals surface area contributed by atoms with Crippen molar-refractivity contribution < 1.29 is 0 Å². The Morgan fingerprint density at radius 2 is 1.71 bits per heavy atom. The molecule has 1 aromatic carbocycles. The zero-order valence-electron chi connectivity index (χ0n) is 8.80. The molecule has 0 aliphatic heterocycles. The van der Waals surface area contributed by atoms with E-state index in [1.807, 2.05) is 24.3 Å². The fraction of sp³-hybridized carbons (Fsp3) is 0.100. The van der Waals surface area contributed by atoms with Gasteiger partial charge < -0.3 is 11.5 Å². The summed E-state index contributed by atoms with van der Waals surface area (Å²) in [6.07, 6.45) is 0. The Hall–Kier alpha value is -1.34. The third kappa shape index (κ3) is 3.31. The number of hydrogen-bond acceptors (Lipinski definition) is 6. The third-order valence-electron chi connectivity index (χ3n) is 1.91. The number of anilines is 2. The number of rotatable bonds is 3. The van der Waals surface area contributed by atoms with Gasteiger partial charge in [-0.05, 0) is 28.1 Å². The molecule has 0 amide bonds. The summed E-state index contributed by atoms with van der Waals surface area (Å²) in [5.41, 5.74) is 11.0. The van der Waals surface area contributed by atoms with Gasteiger partial charge in [-0.15, -0.1) is 11.8 Å². The van der Waals surface area contributed by atoms with Gasteiger partial charge in [0.05, 0.1) is 5.75 Å². The van der Waals surface area contributed by atoms with Gasteiger partial charge in [0, 0.05) is 9.37 Å². The first-order chi connectivity index (χ1) is 8.15. The van der Waals surface area contributed by atoms with Crippen molar-refractivity contribution in [2.75, 3.05) is 11.5 Å². The van der Waals surface area contributed by atoms with Crippen molar-refractivity contribution in [3.05, 3.63) is 34.6 Å². The summed E-state index contributed by atoms with van der Waals surface area (Å²) in [7, 11) is 0. The van der Waals surface area contributed by atoms with E-state index < -0.39 is 0 Å². The fourth-order valence-electron chi connectivity index (χ4n) is 1.23. The van der Waals surface area contributed by atoms with Crippen molar-refractivity contribution >= 4 is 39.6 Å². The molecule has 17 heavy (non-hydrogen) atoms. The molecule has 0 radical (unpaired) electrons. The van der Waals surface area contributed by atoms with E-state index >= 15 is 0 Å². The van der Waals surface area contributed by atoms with Crippen LogP contribution in [-0.4, -0.2) is 15.0 Å². The number of nitrogens with zero attached hydrogens (tertiary/aromatic N) is 3. The number of thioether (sulfide) groups is 1. The largest absolute Gasteiger partial charge is 0.368 e. The molecule has 2 aromatic rings. The number of hydrogen-bond donors (Lipinski definition) is 2. The molecule has 4 N–H and O–H groups in total. The van der Waals surface area contributed by atoms with Crippen LogP contribution in [0.25, 0.3) is 0 Å². The van der Waals surface area contributed by atoms with Crippen LogP contribution in [0.5, 0.6) is 0 Å². The Bertz CT molecular complexity index is 514. The van der Waals surface area contributed by atoms with Crippen molar-refractivity contribution in [2.45, 2.75) is 10.6 Å². The Labute approximate surface area is 111 Å². The molecular formula is C10H10BrN5S. The van der Waals surface area contributed by atoms with Gasteiger partial charge in [0.2, 0.25) is 11.9 Å². The molecule has 0 spiro atoms. The summed E-state index contributed by atoms with van der Waals surface area (Å²) in [4.78, 5) is 12.9. The first-order valence-corrected chi connectivity index (χ1v) is 6.56. The topological polar surface area (TPSA) is 90.7 Å². The molecule has 0 bridgehead atoms. The predicted octanol–water partition coefficient (Wildman–Crippen LogP) is 2.09. The second kappa shape index (κ2) is 5.33. The summed E-state index contributed by atoms with van der Waals surface area (Å²) in [5, 5.41) is 0. The average molecular weight is 312 g/mol. The van der Waals surface area contributed by atoms with Gasteiger partial charge >= 0.3 is 0 Å². The molecule has 0 saturated heterocycles. The summed E-state index contributed by atoms with van der Waals surface area (Å²) >= 11 is 5.08. The van der Waals surface area contributed by atoms with Crippen molar-refractivity contribution in [1.29, 1.82) is 0 Å². The molecule has 0 atom stereocenters. The van der Waals surface area contributed by atoms with Crippen molar-refractivity contribution in [1.82, 2.24) is 15.0 Å². The lowest BCUT2D eigenvalue weighted by atomic mass is 10.4. The zero-order chi connectivity index (χ0) is 12.3. The summed E-state index contributed by atoms with van der Waals surface area (Å²) in [6, 6.07) is 7.94. The Balaban J connectivity index is 2.10. The van der Waals surface area contributed by atoms with Crippen LogP contribution in [0.4, 0.5) is 11.9 Å². The van der Waals surface area contributed by atoms with Gasteiger partial charge in [-0.1, -0.05) is 12.1 Å². The standard InChI is InChI=1S/C10H10BrN5S/c11-6-3-1-2-4-7(6)17-5-8-14-9(12)16-10(13)15-8/h1-4H,5H2,(H4,12,13,14,15,16). The Kier molecular flexibility index (Phi) is 3.80. The monoisotopic (exact) mass is 311 g/mol. The molecule has 88 valence electrons. The summed E-state index contributed by atoms with van der Waals surface area (Å²) in [6.45, 7) is 0. The van der Waals surface area contributed by atoms with E-state index in [0.29, 0.717) is 11.6 Å². The molecule has 0 aliphatic carbocycles. The second-order valence-corrected chi connectivity index (χ2v) is 5.06. The van der Waals surface area contributed by atoms with E-state index in [1.165, 1.54) is 0 Å². The summed E-state index contributed by atoms with van der Waals surface area (Å²) < 4.78 is 1.04. The van der Waals surface area contributed by atoms with E-state index in [2.05, 4.69) is 30.9 Å². The number of halogens is 1. The number of nitrogens with two attached hydrogens (primary N) is 2. The van der Waals surface area contributed by atoms with E-state index in [-0.39, 0.29) is 11.9 Å². The molecule has 7 heteroatoms. The van der Waals surface area contributed by atoms with E-state index in [4.69, 9.17) is 11.5 Å². The minimum atomic E-state index is 0.153. The van der Waals surface area contributed by atoms with Crippen LogP contribution in [0.3, 0.4) is 0 Å².